The minimum absolute atomic E-state index is 0.0630. The summed E-state index contributed by atoms with van der Waals surface area (Å²) in [5, 5.41) is 14.0. The van der Waals surface area contributed by atoms with Gasteiger partial charge in [0.15, 0.2) is 0 Å². The van der Waals surface area contributed by atoms with Gasteiger partial charge in [-0.3, -0.25) is 9.59 Å². The number of nitrogens with zero attached hydrogens (tertiary/aromatic N) is 1. The van der Waals surface area contributed by atoms with Gasteiger partial charge in [0, 0.05) is 27.1 Å². The Bertz CT molecular complexity index is 392. The Kier molecular flexibility index (Phi) is 5.35. The molecule has 7 nitrogen and oxygen atoms in total. The van der Waals surface area contributed by atoms with Crippen LogP contribution in [-0.2, 0) is 9.59 Å². The number of carboxylic acid groups (broad SMARTS) is 1. The van der Waals surface area contributed by atoms with Gasteiger partial charge in [0.25, 0.3) is 0 Å². The molecular formula is C12H19N3O4. The fraction of sp³-hybridized carbons (Fsp3) is 0.583. The van der Waals surface area contributed by atoms with Gasteiger partial charge in [-0.05, 0) is 6.42 Å². The molecule has 0 saturated carbocycles. The summed E-state index contributed by atoms with van der Waals surface area (Å²) in [6.45, 7) is 0.252. The zero-order valence-electron chi connectivity index (χ0n) is 11.0. The van der Waals surface area contributed by atoms with Gasteiger partial charge in [0.1, 0.15) is 0 Å². The highest BCUT2D eigenvalue weighted by atomic mass is 16.4. The average Bonchev–Trinajstić information content (AvgIpc) is 2.77. The number of hydrogen-bond acceptors (Lipinski definition) is 3. The molecule has 0 aliphatic heterocycles. The summed E-state index contributed by atoms with van der Waals surface area (Å²) in [5.41, 5.74) is 0. The summed E-state index contributed by atoms with van der Waals surface area (Å²) in [6.07, 6.45) is 3.84. The maximum atomic E-state index is 11.5. The van der Waals surface area contributed by atoms with Crippen LogP contribution in [0.5, 0.6) is 0 Å². The van der Waals surface area contributed by atoms with E-state index in [1.165, 1.54) is 4.90 Å². The van der Waals surface area contributed by atoms with Gasteiger partial charge in [-0.15, -0.1) is 0 Å². The lowest BCUT2D eigenvalue weighted by Gasteiger charge is -2.14. The molecule has 0 spiro atoms. The fourth-order valence-corrected chi connectivity index (χ4v) is 1.72. The van der Waals surface area contributed by atoms with Crippen molar-refractivity contribution in [3.8, 4) is 0 Å². The average molecular weight is 269 g/mol. The van der Waals surface area contributed by atoms with E-state index in [4.69, 9.17) is 5.11 Å². The SMILES string of the molecule is CN(C)C(=O)CCNC(=O)NC1C=CC(C(=O)O)C1. The predicted molar refractivity (Wildman–Crippen MR) is 68.5 cm³/mol. The molecule has 0 aromatic carbocycles. The number of carboxylic acids is 1. The van der Waals surface area contributed by atoms with E-state index in [2.05, 4.69) is 10.6 Å². The van der Waals surface area contributed by atoms with Crippen LogP contribution in [0.1, 0.15) is 12.8 Å². The zero-order chi connectivity index (χ0) is 14.4. The van der Waals surface area contributed by atoms with Crippen molar-refractivity contribution < 1.29 is 19.5 Å². The second-order valence-electron chi connectivity index (χ2n) is 4.61. The van der Waals surface area contributed by atoms with Crippen LogP contribution in [0.4, 0.5) is 4.79 Å². The van der Waals surface area contributed by atoms with Crippen LogP contribution in [0, 0.1) is 5.92 Å². The fourth-order valence-electron chi connectivity index (χ4n) is 1.72. The Labute approximate surface area is 111 Å². The molecule has 0 aromatic heterocycles. The number of rotatable bonds is 5. The minimum Gasteiger partial charge on any atom is -0.481 e. The molecule has 106 valence electrons. The van der Waals surface area contributed by atoms with Gasteiger partial charge in [0.2, 0.25) is 5.91 Å². The number of carbonyl (C=O) groups excluding carboxylic acids is 2. The molecule has 1 aliphatic rings. The number of hydrogen-bond donors (Lipinski definition) is 3. The first-order valence-electron chi connectivity index (χ1n) is 6.05. The van der Waals surface area contributed by atoms with E-state index < -0.39 is 17.9 Å². The van der Waals surface area contributed by atoms with Crippen molar-refractivity contribution in [3.63, 3.8) is 0 Å². The van der Waals surface area contributed by atoms with Gasteiger partial charge in [-0.1, -0.05) is 12.2 Å². The Morgan fingerprint density at radius 1 is 1.32 bits per heavy atom. The van der Waals surface area contributed by atoms with Crippen LogP contribution in [0.25, 0.3) is 0 Å². The van der Waals surface area contributed by atoms with E-state index in [-0.39, 0.29) is 24.9 Å². The first kappa shape index (κ1) is 15.0. The maximum absolute atomic E-state index is 11.5. The summed E-state index contributed by atoms with van der Waals surface area (Å²) < 4.78 is 0. The molecule has 3 amide bonds. The standard InChI is InChI=1S/C12H19N3O4/c1-15(2)10(16)5-6-13-12(19)14-9-4-3-8(7-9)11(17)18/h3-4,8-9H,5-7H2,1-2H3,(H,17,18)(H2,13,14,19). The van der Waals surface area contributed by atoms with Crippen molar-refractivity contribution in [3.05, 3.63) is 12.2 Å². The molecule has 1 rings (SSSR count). The Morgan fingerprint density at radius 3 is 2.53 bits per heavy atom. The third-order valence-electron chi connectivity index (χ3n) is 2.84. The van der Waals surface area contributed by atoms with E-state index >= 15 is 0 Å². The highest BCUT2D eigenvalue weighted by Gasteiger charge is 2.25. The van der Waals surface area contributed by atoms with Crippen LogP contribution in [0.3, 0.4) is 0 Å². The van der Waals surface area contributed by atoms with Gasteiger partial charge in [-0.2, -0.15) is 0 Å². The van der Waals surface area contributed by atoms with Crippen molar-refractivity contribution in [2.24, 2.45) is 5.92 Å². The minimum atomic E-state index is -0.891. The number of urea groups is 1. The summed E-state index contributed by atoms with van der Waals surface area (Å²) in [7, 11) is 3.30. The lowest BCUT2D eigenvalue weighted by Crippen LogP contribution is -2.42. The van der Waals surface area contributed by atoms with Crippen molar-refractivity contribution in [1.82, 2.24) is 15.5 Å². The quantitative estimate of drug-likeness (QED) is 0.601. The lowest BCUT2D eigenvalue weighted by atomic mass is 10.1. The molecule has 2 unspecified atom stereocenters. The molecular weight excluding hydrogens is 250 g/mol. The summed E-state index contributed by atoms with van der Waals surface area (Å²) in [4.78, 5) is 34.9. The van der Waals surface area contributed by atoms with Gasteiger partial charge in [0.05, 0.1) is 12.0 Å². The highest BCUT2D eigenvalue weighted by molar-refractivity contribution is 5.78. The normalized spacial score (nSPS) is 20.9. The van der Waals surface area contributed by atoms with E-state index in [1.54, 1.807) is 26.2 Å². The molecule has 7 heteroatoms. The second kappa shape index (κ2) is 6.77. The third kappa shape index (κ3) is 4.99. The summed E-state index contributed by atoms with van der Waals surface area (Å²) in [5.74, 6) is -1.50. The predicted octanol–water partition coefficient (Wildman–Crippen LogP) is -0.207. The van der Waals surface area contributed by atoms with Crippen LogP contribution in [0.15, 0.2) is 12.2 Å². The second-order valence-corrected chi connectivity index (χ2v) is 4.61. The van der Waals surface area contributed by atoms with E-state index in [9.17, 15) is 14.4 Å². The van der Waals surface area contributed by atoms with Crippen molar-refractivity contribution >= 4 is 17.9 Å². The van der Waals surface area contributed by atoms with Crippen molar-refractivity contribution in [1.29, 1.82) is 0 Å². The number of amides is 3. The molecule has 0 saturated heterocycles. The van der Waals surface area contributed by atoms with Crippen molar-refractivity contribution in [2.75, 3.05) is 20.6 Å². The number of nitrogens with one attached hydrogen (secondary N) is 2. The van der Waals surface area contributed by atoms with E-state index in [0.717, 1.165) is 0 Å². The van der Waals surface area contributed by atoms with Crippen LogP contribution in [-0.4, -0.2) is 54.6 Å². The Hall–Kier alpha value is -2.05. The van der Waals surface area contributed by atoms with Crippen LogP contribution < -0.4 is 10.6 Å². The van der Waals surface area contributed by atoms with Gasteiger partial charge >= 0.3 is 12.0 Å². The maximum Gasteiger partial charge on any atom is 0.315 e. The smallest absolute Gasteiger partial charge is 0.315 e. The monoisotopic (exact) mass is 269 g/mol. The summed E-state index contributed by atoms with van der Waals surface area (Å²) >= 11 is 0. The van der Waals surface area contributed by atoms with E-state index in [0.29, 0.717) is 6.42 Å². The third-order valence-corrected chi connectivity index (χ3v) is 2.84. The topological polar surface area (TPSA) is 98.7 Å². The number of carbonyl (C=O) groups is 3. The van der Waals surface area contributed by atoms with Crippen molar-refractivity contribution in [2.45, 2.75) is 18.9 Å². The molecule has 0 aromatic rings. The molecule has 0 radical (unpaired) electrons. The number of aliphatic carboxylic acids is 1. The molecule has 0 fully saturated rings. The highest BCUT2D eigenvalue weighted by Crippen LogP contribution is 2.17. The largest absolute Gasteiger partial charge is 0.481 e. The lowest BCUT2D eigenvalue weighted by molar-refractivity contribution is -0.140. The molecule has 2 atom stereocenters. The molecule has 1 aliphatic carbocycles. The molecule has 3 N–H and O–H groups in total. The van der Waals surface area contributed by atoms with Crippen LogP contribution in [0.2, 0.25) is 0 Å². The molecule has 19 heavy (non-hydrogen) atoms. The molecule has 0 bridgehead atoms. The van der Waals surface area contributed by atoms with Gasteiger partial charge < -0.3 is 20.6 Å². The first-order chi connectivity index (χ1) is 8.90. The van der Waals surface area contributed by atoms with E-state index in [1.807, 2.05) is 0 Å². The first-order valence-corrected chi connectivity index (χ1v) is 6.05. The van der Waals surface area contributed by atoms with Gasteiger partial charge in [-0.25, -0.2) is 4.79 Å². The van der Waals surface area contributed by atoms with Crippen LogP contribution >= 0.6 is 0 Å². The Balaban J connectivity index is 2.21. The molecule has 0 heterocycles. The Morgan fingerprint density at radius 2 is 2.00 bits per heavy atom. The summed E-state index contributed by atoms with van der Waals surface area (Å²) in [6, 6.07) is -0.669. The zero-order valence-corrected chi connectivity index (χ0v) is 11.0.